The van der Waals surface area contributed by atoms with Crippen molar-refractivity contribution in [3.8, 4) is 0 Å². The lowest BCUT2D eigenvalue weighted by Crippen LogP contribution is -2.25. The Hall–Kier alpha value is -1.41. The molecular weight excluding hydrogens is 251 g/mol. The Bertz CT molecular complexity index is 614. The molecule has 0 heterocycles. The number of hydrogen-bond acceptors (Lipinski definition) is 1. The highest BCUT2D eigenvalue weighted by Crippen LogP contribution is 2.51. The molecule has 0 aromatic heterocycles. The number of aliphatic hydroxyl groups excluding tert-OH is 1. The first-order valence-electron chi connectivity index (χ1n) is 7.53. The summed E-state index contributed by atoms with van der Waals surface area (Å²) in [7, 11) is 0. The molecule has 2 aromatic rings. The molecule has 106 valence electrons. The zero-order valence-corrected chi connectivity index (χ0v) is 11.9. The van der Waals surface area contributed by atoms with E-state index in [1.54, 1.807) is 12.1 Å². The standard InChI is InChI=1S/C18H21FO/c1-2-18(11-5-6-12-18)17(20)15-9-10-16(19)14-8-4-3-7-13(14)15/h3-4,7-10,17,20H,2,5-6,11-12H2,1H3. The van der Waals surface area contributed by atoms with Crippen molar-refractivity contribution in [1.29, 1.82) is 0 Å². The highest BCUT2D eigenvalue weighted by Gasteiger charge is 2.40. The summed E-state index contributed by atoms with van der Waals surface area (Å²) < 4.78 is 13.9. The molecule has 0 amide bonds. The van der Waals surface area contributed by atoms with E-state index in [4.69, 9.17) is 0 Å². The number of hydrogen-bond donors (Lipinski definition) is 1. The monoisotopic (exact) mass is 272 g/mol. The van der Waals surface area contributed by atoms with Gasteiger partial charge in [0.2, 0.25) is 0 Å². The molecule has 0 radical (unpaired) electrons. The number of fused-ring (bicyclic) bond motifs is 1. The van der Waals surface area contributed by atoms with Crippen molar-refractivity contribution in [2.45, 2.75) is 45.1 Å². The second-order valence-corrected chi connectivity index (χ2v) is 6.01. The molecule has 20 heavy (non-hydrogen) atoms. The SMILES string of the molecule is CCC1(C(O)c2ccc(F)c3ccccc23)CCCC1. The average molecular weight is 272 g/mol. The van der Waals surface area contributed by atoms with Gasteiger partial charge in [-0.25, -0.2) is 4.39 Å². The van der Waals surface area contributed by atoms with Crippen LogP contribution in [-0.2, 0) is 0 Å². The molecule has 1 atom stereocenters. The van der Waals surface area contributed by atoms with Gasteiger partial charge in [-0.3, -0.25) is 0 Å². The lowest BCUT2D eigenvalue weighted by molar-refractivity contribution is 0.0248. The minimum atomic E-state index is -0.500. The van der Waals surface area contributed by atoms with Crippen molar-refractivity contribution in [1.82, 2.24) is 0 Å². The number of aliphatic hydroxyl groups is 1. The number of halogens is 1. The number of rotatable bonds is 3. The third kappa shape index (κ3) is 2.03. The maximum absolute atomic E-state index is 13.9. The topological polar surface area (TPSA) is 20.2 Å². The second-order valence-electron chi connectivity index (χ2n) is 6.01. The predicted molar refractivity (Wildman–Crippen MR) is 80.1 cm³/mol. The van der Waals surface area contributed by atoms with E-state index in [0.717, 1.165) is 30.2 Å². The van der Waals surface area contributed by atoms with Crippen LogP contribution in [0.5, 0.6) is 0 Å². The van der Waals surface area contributed by atoms with Gasteiger partial charge < -0.3 is 5.11 Å². The molecule has 1 fully saturated rings. The van der Waals surface area contributed by atoms with Crippen LogP contribution < -0.4 is 0 Å². The predicted octanol–water partition coefficient (Wildman–Crippen LogP) is 4.98. The van der Waals surface area contributed by atoms with Crippen LogP contribution in [0, 0.1) is 11.2 Å². The van der Waals surface area contributed by atoms with Crippen molar-refractivity contribution in [2.75, 3.05) is 0 Å². The lowest BCUT2D eigenvalue weighted by atomic mass is 9.74. The van der Waals surface area contributed by atoms with Crippen molar-refractivity contribution in [3.63, 3.8) is 0 Å². The van der Waals surface area contributed by atoms with Gasteiger partial charge in [-0.2, -0.15) is 0 Å². The molecule has 1 aliphatic carbocycles. The molecule has 1 saturated carbocycles. The molecule has 1 nitrogen and oxygen atoms in total. The summed E-state index contributed by atoms with van der Waals surface area (Å²) in [6.45, 7) is 2.15. The molecule has 1 N–H and O–H groups in total. The first-order valence-corrected chi connectivity index (χ1v) is 7.53. The summed E-state index contributed by atoms with van der Waals surface area (Å²) in [6.07, 6.45) is 4.97. The van der Waals surface area contributed by atoms with Gasteiger partial charge in [-0.1, -0.05) is 50.1 Å². The van der Waals surface area contributed by atoms with E-state index in [-0.39, 0.29) is 11.2 Å². The Morgan fingerprint density at radius 2 is 1.75 bits per heavy atom. The minimum absolute atomic E-state index is 0.0272. The normalized spacial score (nSPS) is 19.4. The van der Waals surface area contributed by atoms with Crippen molar-refractivity contribution >= 4 is 10.8 Å². The molecule has 0 saturated heterocycles. The highest BCUT2D eigenvalue weighted by molar-refractivity contribution is 5.86. The molecule has 0 aliphatic heterocycles. The van der Waals surface area contributed by atoms with Gasteiger partial charge in [0.15, 0.2) is 0 Å². The van der Waals surface area contributed by atoms with Crippen LogP contribution in [0.15, 0.2) is 36.4 Å². The molecule has 1 unspecified atom stereocenters. The Labute approximate surface area is 119 Å². The summed E-state index contributed by atoms with van der Waals surface area (Å²) >= 11 is 0. The quantitative estimate of drug-likeness (QED) is 0.835. The van der Waals surface area contributed by atoms with Crippen molar-refractivity contribution < 1.29 is 9.50 Å². The molecule has 3 rings (SSSR count). The highest BCUT2D eigenvalue weighted by atomic mass is 19.1. The van der Waals surface area contributed by atoms with E-state index in [2.05, 4.69) is 6.92 Å². The molecule has 2 heteroatoms. The summed E-state index contributed by atoms with van der Waals surface area (Å²) in [5, 5.41) is 12.4. The Morgan fingerprint density at radius 1 is 1.10 bits per heavy atom. The molecule has 0 bridgehead atoms. The van der Waals surface area contributed by atoms with Crippen LogP contribution in [0.4, 0.5) is 4.39 Å². The van der Waals surface area contributed by atoms with Crippen LogP contribution in [0.25, 0.3) is 10.8 Å². The Morgan fingerprint density at radius 3 is 2.40 bits per heavy atom. The summed E-state index contributed by atoms with van der Waals surface area (Å²) in [5.41, 5.74) is 0.853. The Kier molecular flexibility index (Phi) is 3.51. The van der Waals surface area contributed by atoms with Crippen LogP contribution in [-0.4, -0.2) is 5.11 Å². The van der Waals surface area contributed by atoms with Crippen molar-refractivity contribution in [3.05, 3.63) is 47.8 Å². The molecule has 0 spiro atoms. The van der Waals surface area contributed by atoms with Gasteiger partial charge in [-0.05, 0) is 36.3 Å². The number of benzene rings is 2. The van der Waals surface area contributed by atoms with Crippen molar-refractivity contribution in [2.24, 2.45) is 5.41 Å². The second kappa shape index (κ2) is 5.17. The van der Waals surface area contributed by atoms with Gasteiger partial charge in [-0.15, -0.1) is 0 Å². The first kappa shape index (κ1) is 13.6. The summed E-state index contributed by atoms with van der Waals surface area (Å²) in [6, 6.07) is 10.7. The van der Waals surface area contributed by atoms with Gasteiger partial charge in [0.05, 0.1) is 6.10 Å². The van der Waals surface area contributed by atoms with Crippen LogP contribution >= 0.6 is 0 Å². The van der Waals surface area contributed by atoms with E-state index >= 15 is 0 Å². The van der Waals surface area contributed by atoms with E-state index in [9.17, 15) is 9.50 Å². The average Bonchev–Trinajstić information content (AvgIpc) is 2.97. The van der Waals surface area contributed by atoms with Gasteiger partial charge in [0.1, 0.15) is 5.82 Å². The molecule has 1 aliphatic rings. The summed E-state index contributed by atoms with van der Waals surface area (Å²) in [4.78, 5) is 0. The third-order valence-electron chi connectivity index (χ3n) is 5.08. The van der Waals surface area contributed by atoms with E-state index < -0.39 is 6.10 Å². The lowest BCUT2D eigenvalue weighted by Gasteiger charge is -2.34. The van der Waals surface area contributed by atoms with Crippen LogP contribution in [0.3, 0.4) is 0 Å². The van der Waals surface area contributed by atoms with Gasteiger partial charge >= 0.3 is 0 Å². The fourth-order valence-electron chi connectivity index (χ4n) is 3.75. The fraction of sp³-hybridized carbons (Fsp3) is 0.444. The van der Waals surface area contributed by atoms with Crippen LogP contribution in [0.2, 0.25) is 0 Å². The summed E-state index contributed by atoms with van der Waals surface area (Å²) in [5.74, 6) is -0.214. The third-order valence-corrected chi connectivity index (χ3v) is 5.08. The van der Waals surface area contributed by atoms with E-state index in [1.807, 2.05) is 18.2 Å². The maximum atomic E-state index is 13.9. The zero-order chi connectivity index (χ0) is 14.2. The van der Waals surface area contributed by atoms with E-state index in [0.29, 0.717) is 5.39 Å². The maximum Gasteiger partial charge on any atom is 0.131 e. The van der Waals surface area contributed by atoms with Crippen LogP contribution in [0.1, 0.15) is 50.7 Å². The van der Waals surface area contributed by atoms with Gasteiger partial charge in [0.25, 0.3) is 0 Å². The Balaban J connectivity index is 2.12. The molecule has 2 aromatic carbocycles. The fourth-order valence-corrected chi connectivity index (χ4v) is 3.75. The largest absolute Gasteiger partial charge is 0.388 e. The van der Waals surface area contributed by atoms with E-state index in [1.165, 1.54) is 18.9 Å². The van der Waals surface area contributed by atoms with Gasteiger partial charge in [0, 0.05) is 10.8 Å². The first-order chi connectivity index (χ1) is 9.68. The molecular formula is C18H21FO. The minimum Gasteiger partial charge on any atom is -0.388 e. The smallest absolute Gasteiger partial charge is 0.131 e. The zero-order valence-electron chi connectivity index (χ0n) is 11.9.